The first-order chi connectivity index (χ1) is 10.2. The minimum Gasteiger partial charge on any atom is -0.464 e. The molecule has 1 aromatic rings. The summed E-state index contributed by atoms with van der Waals surface area (Å²) in [7, 11) is 0. The van der Waals surface area contributed by atoms with E-state index in [4.69, 9.17) is 4.74 Å². The Kier molecular flexibility index (Phi) is 3.92. The second kappa shape index (κ2) is 5.85. The zero-order chi connectivity index (χ0) is 14.8. The van der Waals surface area contributed by atoms with Crippen molar-refractivity contribution < 1.29 is 14.3 Å². The van der Waals surface area contributed by atoms with Gasteiger partial charge in [-0.05, 0) is 12.5 Å². The van der Waals surface area contributed by atoms with Gasteiger partial charge in [-0.2, -0.15) is 0 Å². The fourth-order valence-electron chi connectivity index (χ4n) is 3.33. The van der Waals surface area contributed by atoms with Gasteiger partial charge in [0.15, 0.2) is 0 Å². The van der Waals surface area contributed by atoms with Crippen LogP contribution < -0.4 is 5.32 Å². The lowest BCUT2D eigenvalue weighted by Crippen LogP contribution is -2.41. The minimum atomic E-state index is -0.483. The number of ether oxygens (including phenoxy) is 1. The summed E-state index contributed by atoms with van der Waals surface area (Å²) < 4.78 is 5.06. The zero-order valence-electron chi connectivity index (χ0n) is 12.1. The topological polar surface area (TPSA) is 58.6 Å². The molecule has 2 fully saturated rings. The molecule has 3 rings (SSSR count). The Hall–Kier alpha value is -1.88. The monoisotopic (exact) mass is 288 g/mol. The first kappa shape index (κ1) is 14.1. The van der Waals surface area contributed by atoms with Crippen molar-refractivity contribution in [2.75, 3.05) is 19.7 Å². The van der Waals surface area contributed by atoms with Crippen LogP contribution in [0.3, 0.4) is 0 Å². The maximum atomic E-state index is 12.0. The van der Waals surface area contributed by atoms with Crippen LogP contribution in [0.4, 0.5) is 0 Å². The van der Waals surface area contributed by atoms with E-state index in [2.05, 4.69) is 22.3 Å². The van der Waals surface area contributed by atoms with E-state index in [9.17, 15) is 9.59 Å². The number of hydrogen-bond acceptors (Lipinski definition) is 4. The largest absolute Gasteiger partial charge is 0.464 e. The van der Waals surface area contributed by atoms with E-state index in [-0.39, 0.29) is 23.7 Å². The Balaban J connectivity index is 1.67. The van der Waals surface area contributed by atoms with Gasteiger partial charge in [-0.25, -0.2) is 4.79 Å². The molecule has 5 heteroatoms. The summed E-state index contributed by atoms with van der Waals surface area (Å²) in [5, 5.41) is 2.78. The van der Waals surface area contributed by atoms with Crippen LogP contribution in [0.1, 0.15) is 12.5 Å². The van der Waals surface area contributed by atoms with Crippen molar-refractivity contribution in [3.05, 3.63) is 35.9 Å². The molecule has 5 nitrogen and oxygen atoms in total. The Morgan fingerprint density at radius 3 is 2.81 bits per heavy atom. The first-order valence-corrected chi connectivity index (χ1v) is 7.42. The number of benzene rings is 1. The van der Waals surface area contributed by atoms with Gasteiger partial charge in [0.1, 0.15) is 6.04 Å². The number of nitrogens with one attached hydrogen (secondary N) is 1. The van der Waals surface area contributed by atoms with Crippen molar-refractivity contribution in [3.8, 4) is 0 Å². The average Bonchev–Trinajstić information content (AvgIpc) is 3.01. The fourth-order valence-corrected chi connectivity index (χ4v) is 3.33. The third-order valence-electron chi connectivity index (χ3n) is 4.29. The number of hydrogen-bond donors (Lipinski definition) is 1. The Bertz CT molecular complexity index is 532. The highest BCUT2D eigenvalue weighted by molar-refractivity contribution is 5.91. The summed E-state index contributed by atoms with van der Waals surface area (Å²) in [6, 6.07) is 9.70. The van der Waals surface area contributed by atoms with Crippen molar-refractivity contribution in [2.24, 2.45) is 11.8 Å². The van der Waals surface area contributed by atoms with Crippen LogP contribution in [-0.2, 0) is 20.9 Å². The molecule has 112 valence electrons. The second-order valence-corrected chi connectivity index (χ2v) is 5.69. The second-order valence-electron chi connectivity index (χ2n) is 5.69. The first-order valence-electron chi connectivity index (χ1n) is 7.42. The maximum absolute atomic E-state index is 12.0. The summed E-state index contributed by atoms with van der Waals surface area (Å²) in [6.45, 7) is 4.40. The Morgan fingerprint density at radius 1 is 1.33 bits per heavy atom. The Labute approximate surface area is 124 Å². The standard InChI is InChI=1S/C16H20N2O3/c1-2-21-16(20)14-12-9-18(10-13(12)15(19)17-14)8-11-6-4-3-5-7-11/h3-7,12-14H,2,8-10H2,1H3,(H,17,19)/t12-,13+,14-/m0/s1. The van der Waals surface area contributed by atoms with Crippen molar-refractivity contribution >= 4 is 11.9 Å². The predicted octanol–water partition coefficient (Wildman–Crippen LogP) is 0.796. The van der Waals surface area contributed by atoms with Gasteiger partial charge in [0.25, 0.3) is 0 Å². The van der Waals surface area contributed by atoms with E-state index < -0.39 is 6.04 Å². The number of fused-ring (bicyclic) bond motifs is 1. The van der Waals surface area contributed by atoms with Gasteiger partial charge >= 0.3 is 5.97 Å². The van der Waals surface area contributed by atoms with E-state index in [1.165, 1.54) is 5.56 Å². The predicted molar refractivity (Wildman–Crippen MR) is 77.3 cm³/mol. The molecule has 2 aliphatic heterocycles. The number of esters is 1. The van der Waals surface area contributed by atoms with Crippen molar-refractivity contribution in [1.29, 1.82) is 0 Å². The number of likely N-dealkylation sites (tertiary alicyclic amines) is 1. The fraction of sp³-hybridized carbons (Fsp3) is 0.500. The smallest absolute Gasteiger partial charge is 0.328 e. The molecular formula is C16H20N2O3. The molecule has 0 unspecified atom stereocenters. The van der Waals surface area contributed by atoms with Crippen molar-refractivity contribution in [2.45, 2.75) is 19.5 Å². The third-order valence-corrected chi connectivity index (χ3v) is 4.29. The van der Waals surface area contributed by atoms with Crippen LogP contribution >= 0.6 is 0 Å². The van der Waals surface area contributed by atoms with Gasteiger partial charge < -0.3 is 10.1 Å². The summed E-state index contributed by atoms with van der Waals surface area (Å²) >= 11 is 0. The normalized spacial score (nSPS) is 28.2. The molecule has 2 aliphatic rings. The maximum Gasteiger partial charge on any atom is 0.328 e. The van der Waals surface area contributed by atoms with Crippen LogP contribution in [0.5, 0.6) is 0 Å². The molecule has 0 aromatic heterocycles. The third kappa shape index (κ3) is 2.78. The van der Waals surface area contributed by atoms with Crippen LogP contribution in [0, 0.1) is 11.8 Å². The highest BCUT2D eigenvalue weighted by atomic mass is 16.5. The van der Waals surface area contributed by atoms with E-state index in [0.717, 1.165) is 13.1 Å². The van der Waals surface area contributed by atoms with Gasteiger partial charge in [-0.1, -0.05) is 30.3 Å². The average molecular weight is 288 g/mol. The van der Waals surface area contributed by atoms with Crippen LogP contribution in [0.2, 0.25) is 0 Å². The molecule has 0 radical (unpaired) electrons. The summed E-state index contributed by atoms with van der Waals surface area (Å²) in [5.74, 6) is -0.392. The van der Waals surface area contributed by atoms with E-state index in [1.54, 1.807) is 6.92 Å². The quantitative estimate of drug-likeness (QED) is 0.833. The minimum absolute atomic E-state index is 0.0198. The lowest BCUT2D eigenvalue weighted by Gasteiger charge is -2.19. The van der Waals surface area contributed by atoms with Gasteiger partial charge in [0.05, 0.1) is 12.5 Å². The van der Waals surface area contributed by atoms with E-state index in [0.29, 0.717) is 13.2 Å². The molecule has 21 heavy (non-hydrogen) atoms. The molecule has 1 N–H and O–H groups in total. The summed E-state index contributed by atoms with van der Waals surface area (Å²) in [4.78, 5) is 26.2. The van der Waals surface area contributed by atoms with Gasteiger partial charge in [0.2, 0.25) is 5.91 Å². The summed E-state index contributed by atoms with van der Waals surface area (Å²) in [6.07, 6.45) is 0. The molecule has 1 amide bonds. The lowest BCUT2D eigenvalue weighted by atomic mass is 9.94. The number of rotatable bonds is 4. The van der Waals surface area contributed by atoms with Crippen LogP contribution in [0.15, 0.2) is 30.3 Å². The van der Waals surface area contributed by atoms with Crippen molar-refractivity contribution in [3.63, 3.8) is 0 Å². The van der Waals surface area contributed by atoms with E-state index in [1.807, 2.05) is 18.2 Å². The highest BCUT2D eigenvalue weighted by Crippen LogP contribution is 2.33. The van der Waals surface area contributed by atoms with Crippen LogP contribution in [0.25, 0.3) is 0 Å². The molecule has 0 saturated carbocycles. The molecular weight excluding hydrogens is 268 g/mol. The van der Waals surface area contributed by atoms with Gasteiger partial charge in [-0.3, -0.25) is 9.69 Å². The molecule has 0 spiro atoms. The number of amides is 1. The van der Waals surface area contributed by atoms with Crippen LogP contribution in [-0.4, -0.2) is 42.5 Å². The Morgan fingerprint density at radius 2 is 2.10 bits per heavy atom. The zero-order valence-corrected chi connectivity index (χ0v) is 12.1. The van der Waals surface area contributed by atoms with Crippen molar-refractivity contribution in [1.82, 2.24) is 10.2 Å². The van der Waals surface area contributed by atoms with Gasteiger partial charge in [-0.15, -0.1) is 0 Å². The van der Waals surface area contributed by atoms with Gasteiger partial charge in [0, 0.05) is 25.6 Å². The number of carbonyl (C=O) groups excluding carboxylic acids is 2. The molecule has 2 heterocycles. The molecule has 1 aromatic carbocycles. The highest BCUT2D eigenvalue weighted by Gasteiger charge is 2.51. The molecule has 0 aliphatic carbocycles. The molecule has 3 atom stereocenters. The van der Waals surface area contributed by atoms with E-state index >= 15 is 0 Å². The SMILES string of the molecule is CCOC(=O)[C@H]1NC(=O)[C@@H]2CN(Cc3ccccc3)C[C@H]12. The lowest BCUT2D eigenvalue weighted by molar-refractivity contribution is -0.147. The molecule has 0 bridgehead atoms. The number of nitrogens with zero attached hydrogens (tertiary/aromatic N) is 1. The number of carbonyl (C=O) groups is 2. The summed E-state index contributed by atoms with van der Waals surface area (Å²) in [5.41, 5.74) is 1.23. The molecule has 2 saturated heterocycles.